The number of benzene rings is 1. The molecule has 1 aromatic carbocycles. The Morgan fingerprint density at radius 1 is 1.06 bits per heavy atom. The van der Waals surface area contributed by atoms with E-state index in [1.807, 2.05) is 54.5 Å². The van der Waals surface area contributed by atoms with E-state index in [9.17, 15) is 4.79 Å². The van der Waals surface area contributed by atoms with Crippen molar-refractivity contribution in [3.05, 3.63) is 58.4 Å². The van der Waals surface area contributed by atoms with E-state index in [0.29, 0.717) is 18.0 Å². The smallest absolute Gasteiger partial charge is 0.460 e. The Balaban J connectivity index is 1.68. The number of nitrogens with zero attached hydrogens (tertiary/aromatic N) is 1. The van der Waals surface area contributed by atoms with Crippen LogP contribution < -0.4 is 5.46 Å². The van der Waals surface area contributed by atoms with E-state index >= 15 is 0 Å². The largest absolute Gasteiger partial charge is 0.495 e. The number of halogens is 1. The summed E-state index contributed by atoms with van der Waals surface area (Å²) in [6.45, 7) is 13.8. The molecule has 1 aliphatic carbocycles. The average Bonchev–Trinajstić information content (AvgIpc) is 3.19. The minimum Gasteiger partial charge on any atom is -0.460 e. The Morgan fingerprint density at radius 3 is 2.15 bits per heavy atom. The molecule has 0 N–H and O–H groups in total. The molecule has 0 radical (unpaired) electrons. The second-order valence-corrected chi connectivity index (χ2v) is 12.1. The highest BCUT2D eigenvalue weighted by Gasteiger charge is 2.52. The lowest BCUT2D eigenvalue weighted by atomic mass is 9.73. The average molecular weight is 484 g/mol. The Bertz CT molecular complexity index is 1050. The Hall–Kier alpha value is -1.89. The molecule has 2 aliphatic rings. The van der Waals surface area contributed by atoms with Crippen molar-refractivity contribution in [3.8, 4) is 0 Å². The second-order valence-electron chi connectivity index (χ2n) is 11.7. The van der Waals surface area contributed by atoms with Crippen LogP contribution in [0.2, 0.25) is 5.15 Å². The van der Waals surface area contributed by atoms with Gasteiger partial charge in [0.25, 0.3) is 0 Å². The van der Waals surface area contributed by atoms with Gasteiger partial charge in [-0.3, -0.25) is 4.79 Å². The van der Waals surface area contributed by atoms with Crippen molar-refractivity contribution in [2.24, 2.45) is 0 Å². The standard InChI is InChI=1S/C27H35BClNO4/c1-24(2,3)32-23(31)12-13-27(16-18-10-8-9-11-19(18)17-27)21-14-20(15-22(29)30-21)28-33-25(4,5)26(6,7)34-28/h8-11,14-15H,12-13,16-17H2,1-7H3. The fraction of sp³-hybridized carbons (Fsp3) is 0.556. The van der Waals surface area contributed by atoms with Crippen LogP contribution in [-0.4, -0.2) is 34.9 Å². The molecule has 0 unspecified atom stereocenters. The molecule has 7 heteroatoms. The van der Waals surface area contributed by atoms with Gasteiger partial charge in [-0.2, -0.15) is 0 Å². The number of pyridine rings is 1. The van der Waals surface area contributed by atoms with Crippen molar-refractivity contribution >= 4 is 30.2 Å². The van der Waals surface area contributed by atoms with Crippen LogP contribution in [0.5, 0.6) is 0 Å². The van der Waals surface area contributed by atoms with Gasteiger partial charge in [0.05, 0.1) is 11.2 Å². The van der Waals surface area contributed by atoms with Crippen molar-refractivity contribution in [3.63, 3.8) is 0 Å². The number of ether oxygens (including phenoxy) is 1. The first-order valence-electron chi connectivity index (χ1n) is 12.0. The minimum atomic E-state index is -0.532. The molecule has 182 valence electrons. The molecule has 5 nitrogen and oxygen atoms in total. The first-order chi connectivity index (χ1) is 15.7. The Labute approximate surface area is 208 Å². The summed E-state index contributed by atoms with van der Waals surface area (Å²) in [6, 6.07) is 12.3. The topological polar surface area (TPSA) is 57.7 Å². The predicted octanol–water partition coefficient (Wildman–Crippen LogP) is 5.19. The van der Waals surface area contributed by atoms with Crippen molar-refractivity contribution in [1.29, 1.82) is 0 Å². The molecule has 0 amide bonds. The lowest BCUT2D eigenvalue weighted by Gasteiger charge is -2.32. The van der Waals surface area contributed by atoms with Crippen LogP contribution in [0.4, 0.5) is 0 Å². The number of fused-ring (bicyclic) bond motifs is 1. The molecule has 0 spiro atoms. The summed E-state index contributed by atoms with van der Waals surface area (Å²) in [6.07, 6.45) is 2.52. The highest BCUT2D eigenvalue weighted by molar-refractivity contribution is 6.62. The zero-order chi connectivity index (χ0) is 24.9. The number of aromatic nitrogens is 1. The van der Waals surface area contributed by atoms with Gasteiger partial charge in [-0.1, -0.05) is 35.9 Å². The maximum atomic E-state index is 12.6. The van der Waals surface area contributed by atoms with Gasteiger partial charge in [-0.25, -0.2) is 4.98 Å². The van der Waals surface area contributed by atoms with Crippen LogP contribution >= 0.6 is 11.6 Å². The third kappa shape index (κ3) is 5.05. The van der Waals surface area contributed by atoms with Crippen molar-refractivity contribution in [2.75, 3.05) is 0 Å². The van der Waals surface area contributed by atoms with E-state index in [-0.39, 0.29) is 11.4 Å². The van der Waals surface area contributed by atoms with E-state index in [2.05, 4.69) is 30.3 Å². The molecule has 1 fully saturated rings. The normalized spacial score (nSPS) is 20.3. The number of hydrogen-bond acceptors (Lipinski definition) is 5. The fourth-order valence-corrected chi connectivity index (χ4v) is 5.03. The predicted molar refractivity (Wildman–Crippen MR) is 136 cm³/mol. The summed E-state index contributed by atoms with van der Waals surface area (Å²) in [4.78, 5) is 17.4. The summed E-state index contributed by atoms with van der Waals surface area (Å²) in [7, 11) is -0.532. The van der Waals surface area contributed by atoms with Gasteiger partial charge >= 0.3 is 13.1 Å². The van der Waals surface area contributed by atoms with Crippen LogP contribution in [0.3, 0.4) is 0 Å². The number of carbonyl (C=O) groups is 1. The molecule has 2 heterocycles. The summed E-state index contributed by atoms with van der Waals surface area (Å²) >= 11 is 6.56. The van der Waals surface area contributed by atoms with Gasteiger partial charge in [0.1, 0.15) is 10.8 Å². The molecule has 0 saturated carbocycles. The molecule has 0 bridgehead atoms. The monoisotopic (exact) mass is 483 g/mol. The molecular formula is C27H35BClNO4. The van der Waals surface area contributed by atoms with E-state index in [1.165, 1.54) is 11.1 Å². The van der Waals surface area contributed by atoms with Gasteiger partial charge in [0.2, 0.25) is 0 Å². The maximum absolute atomic E-state index is 12.6. The Kier molecular flexibility index (Phi) is 6.42. The third-order valence-electron chi connectivity index (χ3n) is 7.29. The van der Waals surface area contributed by atoms with Gasteiger partial charge in [-0.15, -0.1) is 0 Å². The first-order valence-corrected chi connectivity index (χ1v) is 12.4. The van der Waals surface area contributed by atoms with Gasteiger partial charge in [-0.05, 0) is 96.5 Å². The summed E-state index contributed by atoms with van der Waals surface area (Å²) in [5, 5.41) is 0.398. The SMILES string of the molecule is CC(C)(C)OC(=O)CCC1(c2cc(B3OC(C)(C)C(C)(C)O3)cc(Cl)n2)Cc2ccccc2C1. The van der Waals surface area contributed by atoms with E-state index in [4.69, 9.17) is 30.6 Å². The third-order valence-corrected chi connectivity index (χ3v) is 7.48. The van der Waals surface area contributed by atoms with Crippen LogP contribution in [0.25, 0.3) is 0 Å². The number of rotatable bonds is 5. The van der Waals surface area contributed by atoms with Crippen molar-refractivity contribution in [1.82, 2.24) is 4.98 Å². The first kappa shape index (κ1) is 25.2. The van der Waals surface area contributed by atoms with Crippen molar-refractivity contribution < 1.29 is 18.8 Å². The molecule has 4 rings (SSSR count). The quantitative estimate of drug-likeness (QED) is 0.333. The maximum Gasteiger partial charge on any atom is 0.495 e. The minimum absolute atomic E-state index is 0.198. The lowest BCUT2D eigenvalue weighted by molar-refractivity contribution is -0.155. The molecule has 34 heavy (non-hydrogen) atoms. The van der Waals surface area contributed by atoms with Gasteiger partial charge in [0, 0.05) is 17.5 Å². The highest BCUT2D eigenvalue weighted by atomic mass is 35.5. The number of esters is 1. The van der Waals surface area contributed by atoms with Crippen LogP contribution in [0.1, 0.15) is 78.1 Å². The van der Waals surface area contributed by atoms with E-state index in [0.717, 1.165) is 24.0 Å². The van der Waals surface area contributed by atoms with Crippen molar-refractivity contribution in [2.45, 2.75) is 96.4 Å². The Morgan fingerprint density at radius 2 is 1.62 bits per heavy atom. The molecule has 0 atom stereocenters. The zero-order valence-corrected chi connectivity index (χ0v) is 22.1. The summed E-state index contributed by atoms with van der Waals surface area (Å²) < 4.78 is 18.2. The summed E-state index contributed by atoms with van der Waals surface area (Å²) in [5.74, 6) is -0.198. The second kappa shape index (κ2) is 8.65. The van der Waals surface area contributed by atoms with E-state index in [1.54, 1.807) is 0 Å². The molecule has 1 aliphatic heterocycles. The highest BCUT2D eigenvalue weighted by Crippen LogP contribution is 2.43. The molecular weight excluding hydrogens is 449 g/mol. The zero-order valence-electron chi connectivity index (χ0n) is 21.3. The number of carbonyl (C=O) groups excluding carboxylic acids is 1. The van der Waals surface area contributed by atoms with Gasteiger partial charge in [0.15, 0.2) is 0 Å². The number of hydrogen-bond donors (Lipinski definition) is 0. The van der Waals surface area contributed by atoms with E-state index < -0.39 is 23.9 Å². The fourth-order valence-electron chi connectivity index (χ4n) is 4.82. The van der Waals surface area contributed by atoms with Gasteiger partial charge < -0.3 is 14.0 Å². The lowest BCUT2D eigenvalue weighted by Crippen LogP contribution is -2.41. The molecule has 1 aromatic heterocycles. The van der Waals surface area contributed by atoms with Crippen LogP contribution in [-0.2, 0) is 37.1 Å². The molecule has 1 saturated heterocycles. The molecule has 2 aromatic rings. The summed E-state index contributed by atoms with van der Waals surface area (Å²) in [5.41, 5.74) is 2.50. The van der Waals surface area contributed by atoms with Crippen LogP contribution in [0, 0.1) is 0 Å². The van der Waals surface area contributed by atoms with Crippen LogP contribution in [0.15, 0.2) is 36.4 Å².